The maximum absolute atomic E-state index is 12.7. The van der Waals surface area contributed by atoms with Gasteiger partial charge >= 0.3 is 6.18 Å². The molecule has 0 bridgehead atoms. The minimum absolute atomic E-state index is 0.399. The smallest absolute Gasteiger partial charge is 0.330 e. The molecule has 1 heterocycles. The summed E-state index contributed by atoms with van der Waals surface area (Å²) >= 11 is 3.26. The molecule has 0 fully saturated rings. The van der Waals surface area contributed by atoms with Crippen LogP contribution in [-0.2, 0) is 12.6 Å². The molecular formula is C12H11BrF3N3. The maximum atomic E-state index is 12.7. The quantitative estimate of drug-likeness (QED) is 0.937. The average Bonchev–Trinajstić information content (AvgIpc) is 2.77. The number of nitrogens with two attached hydrogens (primary N) is 1. The fourth-order valence-corrected chi connectivity index (χ4v) is 2.18. The summed E-state index contributed by atoms with van der Waals surface area (Å²) in [4.78, 5) is 3.96. The van der Waals surface area contributed by atoms with E-state index in [-0.39, 0.29) is 0 Å². The van der Waals surface area contributed by atoms with Crippen molar-refractivity contribution >= 4 is 15.9 Å². The van der Waals surface area contributed by atoms with E-state index in [0.29, 0.717) is 23.1 Å². The first-order valence-corrected chi connectivity index (χ1v) is 6.31. The topological polar surface area (TPSA) is 43.8 Å². The van der Waals surface area contributed by atoms with Gasteiger partial charge < -0.3 is 10.3 Å². The summed E-state index contributed by atoms with van der Waals surface area (Å²) in [5.74, 6) is 0. The predicted molar refractivity (Wildman–Crippen MR) is 69.0 cm³/mol. The zero-order valence-corrected chi connectivity index (χ0v) is 11.4. The summed E-state index contributed by atoms with van der Waals surface area (Å²) in [6, 6.07) is 3.50. The molecule has 0 amide bonds. The van der Waals surface area contributed by atoms with Gasteiger partial charge in [-0.15, -0.1) is 0 Å². The maximum Gasteiger partial charge on any atom is 0.416 e. The van der Waals surface area contributed by atoms with Crippen molar-refractivity contribution in [2.75, 3.05) is 6.54 Å². The van der Waals surface area contributed by atoms with E-state index >= 15 is 0 Å². The fraction of sp³-hybridized carbons (Fsp3) is 0.250. The molecule has 0 atom stereocenters. The van der Waals surface area contributed by atoms with Gasteiger partial charge in [-0.3, -0.25) is 0 Å². The molecule has 102 valence electrons. The number of alkyl halides is 3. The van der Waals surface area contributed by atoms with E-state index in [1.54, 1.807) is 10.8 Å². The van der Waals surface area contributed by atoms with E-state index in [1.807, 2.05) is 0 Å². The van der Waals surface area contributed by atoms with Gasteiger partial charge in [0.05, 0.1) is 17.6 Å². The Morgan fingerprint density at radius 1 is 1.32 bits per heavy atom. The van der Waals surface area contributed by atoms with Crippen LogP contribution in [0.2, 0.25) is 0 Å². The average molecular weight is 334 g/mol. The number of benzene rings is 1. The van der Waals surface area contributed by atoms with Crippen LogP contribution in [0.5, 0.6) is 0 Å². The molecule has 1 aromatic heterocycles. The van der Waals surface area contributed by atoms with E-state index in [1.165, 1.54) is 12.4 Å². The molecule has 0 aliphatic rings. The highest BCUT2D eigenvalue weighted by Crippen LogP contribution is 2.33. The minimum atomic E-state index is -4.37. The van der Waals surface area contributed by atoms with Crippen LogP contribution in [-0.4, -0.2) is 16.1 Å². The molecule has 0 aliphatic carbocycles. The Labute approximate surface area is 116 Å². The van der Waals surface area contributed by atoms with E-state index in [2.05, 4.69) is 20.9 Å². The lowest BCUT2D eigenvalue weighted by Gasteiger charge is -2.13. The van der Waals surface area contributed by atoms with Crippen molar-refractivity contribution < 1.29 is 13.2 Å². The van der Waals surface area contributed by atoms with Crippen molar-refractivity contribution in [1.29, 1.82) is 0 Å². The second-order valence-corrected chi connectivity index (χ2v) is 4.81. The van der Waals surface area contributed by atoms with Crippen LogP contribution in [0, 0.1) is 0 Å². The van der Waals surface area contributed by atoms with Crippen LogP contribution in [0.3, 0.4) is 0 Å². The van der Waals surface area contributed by atoms with Crippen molar-refractivity contribution in [3.05, 3.63) is 46.5 Å². The third-order valence-corrected chi connectivity index (χ3v) is 3.32. The molecular weight excluding hydrogens is 323 g/mol. The molecule has 2 aromatic rings. The number of aromatic nitrogens is 2. The third-order valence-electron chi connectivity index (χ3n) is 2.65. The Kier molecular flexibility index (Phi) is 3.96. The predicted octanol–water partition coefficient (Wildman–Crippen LogP) is 3.15. The van der Waals surface area contributed by atoms with Gasteiger partial charge in [0.1, 0.15) is 0 Å². The van der Waals surface area contributed by atoms with Gasteiger partial charge in [-0.05, 0) is 40.7 Å². The highest BCUT2D eigenvalue weighted by molar-refractivity contribution is 9.10. The molecule has 2 rings (SSSR count). The van der Waals surface area contributed by atoms with Gasteiger partial charge in [0, 0.05) is 22.8 Å². The normalized spacial score (nSPS) is 11.8. The Morgan fingerprint density at radius 3 is 2.68 bits per heavy atom. The Balaban J connectivity index is 2.52. The number of halogens is 4. The van der Waals surface area contributed by atoms with Crippen molar-refractivity contribution in [1.82, 2.24) is 9.55 Å². The molecule has 0 unspecified atom stereocenters. The Bertz CT molecular complexity index is 578. The number of rotatable bonds is 3. The lowest BCUT2D eigenvalue weighted by molar-refractivity contribution is -0.137. The van der Waals surface area contributed by atoms with Gasteiger partial charge in [-0.2, -0.15) is 13.2 Å². The lowest BCUT2D eigenvalue weighted by atomic mass is 10.2. The molecule has 19 heavy (non-hydrogen) atoms. The highest BCUT2D eigenvalue weighted by Gasteiger charge is 2.31. The van der Waals surface area contributed by atoms with Gasteiger partial charge in [0.15, 0.2) is 0 Å². The van der Waals surface area contributed by atoms with Gasteiger partial charge in [0.2, 0.25) is 0 Å². The van der Waals surface area contributed by atoms with Gasteiger partial charge in [0.25, 0.3) is 0 Å². The summed E-state index contributed by atoms with van der Waals surface area (Å²) in [7, 11) is 0. The molecule has 1 aromatic carbocycles. The number of imidazole rings is 1. The van der Waals surface area contributed by atoms with E-state index < -0.39 is 11.7 Å². The summed E-state index contributed by atoms with van der Waals surface area (Å²) in [5, 5.41) is 0. The summed E-state index contributed by atoms with van der Waals surface area (Å²) in [6.45, 7) is 0.405. The van der Waals surface area contributed by atoms with Crippen LogP contribution in [0.15, 0.2) is 35.2 Å². The molecule has 2 N–H and O–H groups in total. The van der Waals surface area contributed by atoms with Crippen LogP contribution in [0.4, 0.5) is 13.2 Å². The first-order valence-electron chi connectivity index (χ1n) is 5.52. The first-order chi connectivity index (χ1) is 8.93. The summed E-state index contributed by atoms with van der Waals surface area (Å²) in [5.41, 5.74) is 5.94. The van der Waals surface area contributed by atoms with Crippen molar-refractivity contribution in [2.24, 2.45) is 5.73 Å². The molecule has 0 saturated heterocycles. The fourth-order valence-electron chi connectivity index (χ4n) is 1.75. The Morgan fingerprint density at radius 2 is 2.05 bits per heavy atom. The SMILES string of the molecule is NCCc1cncn1-c1cc(C(F)(F)F)ccc1Br. The second kappa shape index (κ2) is 5.34. The standard InChI is InChI=1S/C12H11BrF3N3/c13-10-2-1-8(12(14,15)16)5-11(10)19-7-18-6-9(19)3-4-17/h1-2,5-7H,3-4,17H2. The zero-order valence-electron chi connectivity index (χ0n) is 9.78. The van der Waals surface area contributed by atoms with Crippen LogP contribution in [0.1, 0.15) is 11.3 Å². The van der Waals surface area contributed by atoms with E-state index in [0.717, 1.165) is 17.8 Å². The zero-order chi connectivity index (χ0) is 14.0. The lowest BCUT2D eigenvalue weighted by Crippen LogP contribution is -2.10. The highest BCUT2D eigenvalue weighted by atomic mass is 79.9. The van der Waals surface area contributed by atoms with Crippen molar-refractivity contribution in [2.45, 2.75) is 12.6 Å². The second-order valence-electron chi connectivity index (χ2n) is 3.96. The first kappa shape index (κ1) is 14.1. The van der Waals surface area contributed by atoms with Crippen LogP contribution >= 0.6 is 15.9 Å². The molecule has 7 heteroatoms. The Hall–Kier alpha value is -1.34. The molecule has 0 spiro atoms. The van der Waals surface area contributed by atoms with E-state index in [4.69, 9.17) is 5.73 Å². The minimum Gasteiger partial charge on any atom is -0.330 e. The molecule has 0 saturated carbocycles. The van der Waals surface area contributed by atoms with Crippen molar-refractivity contribution in [3.8, 4) is 5.69 Å². The summed E-state index contributed by atoms with van der Waals surface area (Å²) in [6.07, 6.45) is -0.752. The number of hydrogen-bond donors (Lipinski definition) is 1. The molecule has 0 radical (unpaired) electrons. The van der Waals surface area contributed by atoms with E-state index in [9.17, 15) is 13.2 Å². The van der Waals surface area contributed by atoms with Gasteiger partial charge in [-0.25, -0.2) is 4.98 Å². The summed E-state index contributed by atoms with van der Waals surface area (Å²) < 4.78 is 40.4. The number of nitrogens with zero attached hydrogens (tertiary/aromatic N) is 2. The number of hydrogen-bond acceptors (Lipinski definition) is 2. The molecule has 0 aliphatic heterocycles. The third kappa shape index (κ3) is 2.98. The largest absolute Gasteiger partial charge is 0.416 e. The van der Waals surface area contributed by atoms with Gasteiger partial charge in [-0.1, -0.05) is 0 Å². The monoisotopic (exact) mass is 333 g/mol. The van der Waals surface area contributed by atoms with Crippen LogP contribution in [0.25, 0.3) is 5.69 Å². The van der Waals surface area contributed by atoms with Crippen molar-refractivity contribution in [3.63, 3.8) is 0 Å². The molecule has 3 nitrogen and oxygen atoms in total. The van der Waals surface area contributed by atoms with Crippen LogP contribution < -0.4 is 5.73 Å².